The summed E-state index contributed by atoms with van der Waals surface area (Å²) in [7, 11) is -4.04. The van der Waals surface area contributed by atoms with Gasteiger partial charge in [0.25, 0.3) is 15.9 Å². The van der Waals surface area contributed by atoms with E-state index in [1.54, 1.807) is 24.3 Å². The molecule has 10 heteroatoms. The molecule has 4 aromatic rings. The number of aromatic nitrogens is 2. The second-order valence-corrected chi connectivity index (χ2v) is 8.51. The molecular weight excluding hydrogens is 432 g/mol. The van der Waals surface area contributed by atoms with Gasteiger partial charge in [-0.2, -0.15) is 5.26 Å². The van der Waals surface area contributed by atoms with E-state index in [4.69, 9.17) is 5.26 Å². The second-order valence-electron chi connectivity index (χ2n) is 6.69. The summed E-state index contributed by atoms with van der Waals surface area (Å²) in [5.41, 5.74) is 0.761. The number of amides is 1. The van der Waals surface area contributed by atoms with Crippen LogP contribution >= 0.6 is 0 Å². The topological polar surface area (TPSA) is 142 Å². The molecule has 0 aliphatic carbocycles. The van der Waals surface area contributed by atoms with Crippen molar-refractivity contribution in [1.82, 2.24) is 8.96 Å². The van der Waals surface area contributed by atoms with Crippen LogP contribution < -0.4 is 5.32 Å². The number of carboxylic acid groups (broad SMARTS) is 1. The number of nitrogens with zero attached hydrogens (tertiary/aromatic N) is 3. The summed E-state index contributed by atoms with van der Waals surface area (Å²) in [6, 6.07) is 17.8. The molecule has 1 aromatic heterocycles. The van der Waals surface area contributed by atoms with Gasteiger partial charge in [0.05, 0.1) is 38.8 Å². The molecule has 0 fully saturated rings. The predicted octanol–water partition coefficient (Wildman–Crippen LogP) is 3.10. The van der Waals surface area contributed by atoms with E-state index in [0.717, 1.165) is 10.0 Å². The molecule has 0 radical (unpaired) electrons. The van der Waals surface area contributed by atoms with Gasteiger partial charge in [0, 0.05) is 5.56 Å². The Morgan fingerprint density at radius 3 is 2.56 bits per heavy atom. The number of carbonyl (C=O) groups is 2. The van der Waals surface area contributed by atoms with Crippen LogP contribution in [0.4, 0.5) is 5.69 Å². The van der Waals surface area contributed by atoms with Gasteiger partial charge in [-0.1, -0.05) is 18.2 Å². The number of para-hydroxylation sites is 2. The Hall–Kier alpha value is -4.49. The molecule has 0 spiro atoms. The number of anilines is 1. The van der Waals surface area contributed by atoms with Crippen molar-refractivity contribution < 1.29 is 23.1 Å². The molecular formula is C22H14N4O5S. The standard InChI is InChI=1S/C22H14N4O5S/c23-12-14-8-9-18(17(10-14)22(28)29)25-21(27)15-4-3-5-16(11-15)32(30,31)26-13-24-19-6-1-2-7-20(19)26/h1-11,13H,(H,25,27)(H,28,29). The van der Waals surface area contributed by atoms with Crippen molar-refractivity contribution in [1.29, 1.82) is 5.26 Å². The zero-order valence-corrected chi connectivity index (χ0v) is 17.1. The number of nitrogens with one attached hydrogen (secondary N) is 1. The van der Waals surface area contributed by atoms with Gasteiger partial charge in [0.15, 0.2) is 0 Å². The molecule has 0 atom stereocenters. The number of imidazole rings is 1. The summed E-state index contributed by atoms with van der Waals surface area (Å²) >= 11 is 0. The minimum atomic E-state index is -4.04. The summed E-state index contributed by atoms with van der Waals surface area (Å²) in [4.78, 5) is 28.2. The van der Waals surface area contributed by atoms with E-state index in [9.17, 15) is 23.1 Å². The highest BCUT2D eigenvalue weighted by atomic mass is 32.2. The lowest BCUT2D eigenvalue weighted by Crippen LogP contribution is -2.17. The van der Waals surface area contributed by atoms with Gasteiger partial charge >= 0.3 is 5.97 Å². The van der Waals surface area contributed by atoms with Gasteiger partial charge < -0.3 is 10.4 Å². The molecule has 158 valence electrons. The van der Waals surface area contributed by atoms with Crippen LogP contribution in [0.2, 0.25) is 0 Å². The highest BCUT2D eigenvalue weighted by Crippen LogP contribution is 2.22. The van der Waals surface area contributed by atoms with Gasteiger partial charge in [0.2, 0.25) is 0 Å². The van der Waals surface area contributed by atoms with E-state index in [1.165, 1.54) is 42.7 Å². The zero-order chi connectivity index (χ0) is 22.9. The summed E-state index contributed by atoms with van der Waals surface area (Å²) in [5.74, 6) is -2.02. The molecule has 32 heavy (non-hydrogen) atoms. The van der Waals surface area contributed by atoms with Gasteiger partial charge in [-0.05, 0) is 48.5 Å². The van der Waals surface area contributed by atoms with Gasteiger partial charge in [-0.15, -0.1) is 0 Å². The second kappa shape index (κ2) is 7.98. The number of hydrogen-bond acceptors (Lipinski definition) is 6. The Labute approximate surface area is 182 Å². The van der Waals surface area contributed by atoms with Crippen molar-refractivity contribution in [2.75, 3.05) is 5.32 Å². The van der Waals surface area contributed by atoms with E-state index in [1.807, 2.05) is 6.07 Å². The minimum absolute atomic E-state index is 0.0104. The summed E-state index contributed by atoms with van der Waals surface area (Å²) in [6.07, 6.45) is 1.20. The monoisotopic (exact) mass is 446 g/mol. The highest BCUT2D eigenvalue weighted by molar-refractivity contribution is 7.90. The third-order valence-electron chi connectivity index (χ3n) is 4.70. The Balaban J connectivity index is 1.69. The average Bonchev–Trinajstić information content (AvgIpc) is 3.24. The third-order valence-corrected chi connectivity index (χ3v) is 6.36. The van der Waals surface area contributed by atoms with E-state index in [2.05, 4.69) is 10.3 Å². The number of benzene rings is 3. The molecule has 0 bridgehead atoms. The van der Waals surface area contributed by atoms with Crippen LogP contribution in [-0.4, -0.2) is 34.4 Å². The molecule has 0 aliphatic rings. The molecule has 0 aliphatic heterocycles. The SMILES string of the molecule is N#Cc1ccc(NC(=O)c2cccc(S(=O)(=O)n3cnc4ccccc43)c2)c(C(=O)O)c1. The van der Waals surface area contributed by atoms with E-state index in [-0.39, 0.29) is 27.3 Å². The van der Waals surface area contributed by atoms with E-state index >= 15 is 0 Å². The lowest BCUT2D eigenvalue weighted by Gasteiger charge is -2.11. The molecule has 0 saturated carbocycles. The Morgan fingerprint density at radius 2 is 1.81 bits per heavy atom. The number of rotatable bonds is 5. The maximum atomic E-state index is 13.1. The van der Waals surface area contributed by atoms with Crippen LogP contribution in [0, 0.1) is 11.3 Å². The normalized spacial score (nSPS) is 11.1. The third kappa shape index (κ3) is 3.68. The smallest absolute Gasteiger partial charge is 0.337 e. The maximum absolute atomic E-state index is 13.1. The molecule has 0 saturated heterocycles. The number of carboxylic acids is 1. The largest absolute Gasteiger partial charge is 0.478 e. The highest BCUT2D eigenvalue weighted by Gasteiger charge is 2.21. The van der Waals surface area contributed by atoms with Crippen LogP contribution in [0.1, 0.15) is 26.3 Å². The van der Waals surface area contributed by atoms with Crippen LogP contribution in [0.15, 0.2) is 78.0 Å². The number of fused-ring (bicyclic) bond motifs is 1. The summed E-state index contributed by atoms with van der Waals surface area (Å²) < 4.78 is 27.3. The van der Waals surface area contributed by atoms with Gasteiger partial charge in [-0.25, -0.2) is 22.2 Å². The number of nitriles is 1. The lowest BCUT2D eigenvalue weighted by atomic mass is 10.1. The van der Waals surface area contributed by atoms with Crippen LogP contribution in [0.3, 0.4) is 0 Å². The van der Waals surface area contributed by atoms with E-state index < -0.39 is 21.9 Å². The van der Waals surface area contributed by atoms with Crippen molar-refractivity contribution in [3.8, 4) is 6.07 Å². The molecule has 3 aromatic carbocycles. The van der Waals surface area contributed by atoms with Crippen molar-refractivity contribution in [2.24, 2.45) is 0 Å². The predicted molar refractivity (Wildman–Crippen MR) is 115 cm³/mol. The lowest BCUT2D eigenvalue weighted by molar-refractivity contribution is 0.0698. The van der Waals surface area contributed by atoms with Crippen molar-refractivity contribution >= 4 is 38.6 Å². The fourth-order valence-electron chi connectivity index (χ4n) is 3.13. The first kappa shape index (κ1) is 20.8. The average molecular weight is 446 g/mol. The fourth-order valence-corrected chi connectivity index (χ4v) is 4.47. The molecule has 1 heterocycles. The Morgan fingerprint density at radius 1 is 1.03 bits per heavy atom. The van der Waals surface area contributed by atoms with Gasteiger partial charge in [0.1, 0.15) is 6.33 Å². The van der Waals surface area contributed by atoms with Crippen LogP contribution in [0.5, 0.6) is 0 Å². The van der Waals surface area contributed by atoms with Crippen LogP contribution in [0.25, 0.3) is 11.0 Å². The molecule has 1 amide bonds. The first-order chi connectivity index (χ1) is 15.3. The molecule has 2 N–H and O–H groups in total. The van der Waals surface area contributed by atoms with Crippen molar-refractivity contribution in [2.45, 2.75) is 4.90 Å². The quantitative estimate of drug-likeness (QED) is 0.480. The van der Waals surface area contributed by atoms with Gasteiger partial charge in [-0.3, -0.25) is 4.79 Å². The number of carbonyl (C=O) groups excluding carboxylic acids is 1. The number of aromatic carboxylic acids is 1. The Bertz CT molecular complexity index is 1530. The first-order valence-corrected chi connectivity index (χ1v) is 10.6. The zero-order valence-electron chi connectivity index (χ0n) is 16.3. The summed E-state index contributed by atoms with van der Waals surface area (Å²) in [5, 5.41) is 20.8. The fraction of sp³-hybridized carbons (Fsp3) is 0. The number of hydrogen-bond donors (Lipinski definition) is 2. The maximum Gasteiger partial charge on any atom is 0.337 e. The summed E-state index contributed by atoms with van der Waals surface area (Å²) in [6.45, 7) is 0. The first-order valence-electron chi connectivity index (χ1n) is 9.18. The molecule has 0 unspecified atom stereocenters. The Kier molecular flexibility index (Phi) is 5.18. The molecule has 4 rings (SSSR count). The van der Waals surface area contributed by atoms with Crippen LogP contribution in [-0.2, 0) is 10.0 Å². The molecule has 9 nitrogen and oxygen atoms in total. The van der Waals surface area contributed by atoms with Crippen molar-refractivity contribution in [3.63, 3.8) is 0 Å². The van der Waals surface area contributed by atoms with E-state index in [0.29, 0.717) is 11.0 Å². The van der Waals surface area contributed by atoms with Crippen molar-refractivity contribution in [3.05, 3.63) is 89.7 Å². The minimum Gasteiger partial charge on any atom is -0.478 e.